The number of hydrogen-bond acceptors (Lipinski definition) is 4. The Morgan fingerprint density at radius 3 is 2.43 bits per heavy atom. The van der Waals surface area contributed by atoms with Crippen molar-refractivity contribution in [3.05, 3.63) is 68.6 Å². The van der Waals surface area contributed by atoms with Gasteiger partial charge in [-0.25, -0.2) is 0 Å². The lowest BCUT2D eigenvalue weighted by atomic mass is 9.95. The zero-order valence-corrected chi connectivity index (χ0v) is 19.6. The fraction of sp³-hybridized carbons (Fsp3) is 0.480. The lowest BCUT2D eigenvalue weighted by Crippen LogP contribution is -2.17. The zero-order valence-electron chi connectivity index (χ0n) is 19.6. The largest absolute Gasteiger partial charge is 0.488 e. The average molecular weight is 416 g/mol. The molecule has 0 amide bonds. The molecule has 0 radical (unpaired) electrons. The van der Waals surface area contributed by atoms with Gasteiger partial charge in [0.1, 0.15) is 0 Å². The van der Waals surface area contributed by atoms with Crippen molar-refractivity contribution in [3.8, 4) is 11.6 Å². The molecule has 166 valence electrons. The highest BCUT2D eigenvalue weighted by Gasteiger charge is 2.15. The standard InChI is InChI=1S/C25H37NO4/c1-9-18(4)22(27)19(5)15-17(3)12-10-11-16(2)13-14-21-20(6)23(28)24(29-7)25(26-21)30-8/h9-11,13,15,19,22,27H,12,14H2,1-8H3,(H,26,28). The van der Waals surface area contributed by atoms with Crippen molar-refractivity contribution in [2.24, 2.45) is 5.92 Å². The lowest BCUT2D eigenvalue weighted by Gasteiger charge is -2.17. The number of H-pyrrole nitrogens is 1. The van der Waals surface area contributed by atoms with E-state index in [0.29, 0.717) is 17.9 Å². The van der Waals surface area contributed by atoms with Crippen LogP contribution in [-0.2, 0) is 6.42 Å². The van der Waals surface area contributed by atoms with E-state index in [4.69, 9.17) is 9.47 Å². The monoisotopic (exact) mass is 415 g/mol. The molecule has 0 bridgehead atoms. The van der Waals surface area contributed by atoms with Crippen molar-refractivity contribution in [3.63, 3.8) is 0 Å². The number of aromatic amines is 1. The van der Waals surface area contributed by atoms with Gasteiger partial charge in [-0.3, -0.25) is 4.79 Å². The van der Waals surface area contributed by atoms with E-state index in [1.165, 1.54) is 19.8 Å². The molecule has 1 aromatic heterocycles. The third kappa shape index (κ3) is 7.06. The van der Waals surface area contributed by atoms with Gasteiger partial charge in [0.25, 0.3) is 0 Å². The van der Waals surface area contributed by atoms with Gasteiger partial charge >= 0.3 is 0 Å². The summed E-state index contributed by atoms with van der Waals surface area (Å²) in [5.74, 6) is 0.622. The van der Waals surface area contributed by atoms with E-state index in [1.807, 2.05) is 33.8 Å². The Bertz CT molecular complexity index is 887. The van der Waals surface area contributed by atoms with E-state index >= 15 is 0 Å². The number of methoxy groups -OCH3 is 2. The zero-order chi connectivity index (χ0) is 22.8. The molecule has 5 nitrogen and oxygen atoms in total. The minimum Gasteiger partial charge on any atom is -0.488 e. The fourth-order valence-electron chi connectivity index (χ4n) is 3.19. The summed E-state index contributed by atoms with van der Waals surface area (Å²) in [5.41, 5.74) is 4.59. The van der Waals surface area contributed by atoms with Gasteiger partial charge in [0.2, 0.25) is 17.1 Å². The molecule has 2 N–H and O–H groups in total. The van der Waals surface area contributed by atoms with E-state index in [2.05, 4.69) is 36.2 Å². The Hall–Kier alpha value is -2.53. The second-order valence-electron chi connectivity index (χ2n) is 7.73. The number of pyridine rings is 1. The van der Waals surface area contributed by atoms with Gasteiger partial charge in [-0.15, -0.1) is 0 Å². The van der Waals surface area contributed by atoms with Crippen molar-refractivity contribution in [1.82, 2.24) is 4.98 Å². The summed E-state index contributed by atoms with van der Waals surface area (Å²) in [6, 6.07) is 0. The Kier molecular flexibility index (Phi) is 10.4. The van der Waals surface area contributed by atoms with Crippen molar-refractivity contribution in [1.29, 1.82) is 0 Å². The summed E-state index contributed by atoms with van der Waals surface area (Å²) in [6.07, 6.45) is 11.3. The Morgan fingerprint density at radius 1 is 1.20 bits per heavy atom. The van der Waals surface area contributed by atoms with Crippen molar-refractivity contribution in [2.45, 2.75) is 60.5 Å². The topological polar surface area (TPSA) is 71.6 Å². The van der Waals surface area contributed by atoms with Crippen LogP contribution in [0.4, 0.5) is 0 Å². The first-order valence-corrected chi connectivity index (χ1v) is 10.3. The van der Waals surface area contributed by atoms with Gasteiger partial charge in [-0.05, 0) is 46.6 Å². The van der Waals surface area contributed by atoms with Gasteiger partial charge in [0, 0.05) is 23.6 Å². The summed E-state index contributed by atoms with van der Waals surface area (Å²) in [4.78, 5) is 15.5. The van der Waals surface area contributed by atoms with Crippen LogP contribution in [0.3, 0.4) is 0 Å². The van der Waals surface area contributed by atoms with Crippen molar-refractivity contribution >= 4 is 0 Å². The predicted octanol–water partition coefficient (Wildman–Crippen LogP) is 5.05. The second-order valence-corrected chi connectivity index (χ2v) is 7.73. The molecule has 1 heterocycles. The first-order chi connectivity index (χ1) is 14.2. The third-order valence-electron chi connectivity index (χ3n) is 5.29. The van der Waals surface area contributed by atoms with Gasteiger partial charge < -0.3 is 19.6 Å². The normalized spacial score (nSPS) is 15.4. The van der Waals surface area contributed by atoms with Crippen LogP contribution in [0.1, 0.15) is 52.3 Å². The Morgan fingerprint density at radius 2 is 1.87 bits per heavy atom. The first-order valence-electron chi connectivity index (χ1n) is 10.3. The third-order valence-corrected chi connectivity index (χ3v) is 5.29. The van der Waals surface area contributed by atoms with Gasteiger partial charge in [-0.2, -0.15) is 0 Å². The smallest absolute Gasteiger partial charge is 0.238 e. The number of ether oxygens (including phenoxy) is 2. The quantitative estimate of drug-likeness (QED) is 0.415. The van der Waals surface area contributed by atoms with Crippen LogP contribution in [0.15, 0.2) is 51.9 Å². The number of aliphatic hydroxyl groups is 1. The summed E-state index contributed by atoms with van der Waals surface area (Å²) < 4.78 is 10.4. The van der Waals surface area contributed by atoms with E-state index in [-0.39, 0.29) is 17.1 Å². The van der Waals surface area contributed by atoms with Gasteiger partial charge in [0.15, 0.2) is 0 Å². The maximum absolute atomic E-state index is 12.4. The highest BCUT2D eigenvalue weighted by atomic mass is 16.5. The first kappa shape index (κ1) is 25.5. The molecule has 2 atom stereocenters. The van der Waals surface area contributed by atoms with Crippen LogP contribution in [-0.4, -0.2) is 30.4 Å². The minimum atomic E-state index is -0.442. The molecule has 1 aromatic rings. The molecule has 30 heavy (non-hydrogen) atoms. The summed E-state index contributed by atoms with van der Waals surface area (Å²) >= 11 is 0. The summed E-state index contributed by atoms with van der Waals surface area (Å²) in [7, 11) is 2.97. The molecule has 0 saturated carbocycles. The van der Waals surface area contributed by atoms with Gasteiger partial charge in [-0.1, -0.05) is 48.5 Å². The van der Waals surface area contributed by atoms with Crippen LogP contribution in [0, 0.1) is 12.8 Å². The van der Waals surface area contributed by atoms with Crippen molar-refractivity contribution < 1.29 is 14.6 Å². The number of aromatic nitrogens is 1. The highest BCUT2D eigenvalue weighted by Crippen LogP contribution is 2.22. The van der Waals surface area contributed by atoms with E-state index in [0.717, 1.165) is 23.3 Å². The molecule has 0 aliphatic rings. The van der Waals surface area contributed by atoms with Crippen molar-refractivity contribution in [2.75, 3.05) is 14.2 Å². The Balaban J connectivity index is 2.81. The summed E-state index contributed by atoms with van der Waals surface area (Å²) in [5, 5.41) is 10.3. The number of rotatable bonds is 10. The molecule has 5 heteroatoms. The molecule has 0 saturated heterocycles. The van der Waals surface area contributed by atoms with Crippen LogP contribution >= 0.6 is 0 Å². The summed E-state index contributed by atoms with van der Waals surface area (Å²) in [6.45, 7) is 11.8. The molecule has 0 fully saturated rings. The predicted molar refractivity (Wildman–Crippen MR) is 124 cm³/mol. The minimum absolute atomic E-state index is 0.0797. The molecular weight excluding hydrogens is 378 g/mol. The SMILES string of the molecule is CC=C(C)C(O)C(C)C=C(C)CC=CC(C)=CCc1[nH]c(OC)c(OC)c(=O)c1C. The van der Waals surface area contributed by atoms with Crippen LogP contribution in [0.5, 0.6) is 11.6 Å². The maximum Gasteiger partial charge on any atom is 0.238 e. The van der Waals surface area contributed by atoms with E-state index < -0.39 is 6.10 Å². The van der Waals surface area contributed by atoms with Crippen LogP contribution in [0.25, 0.3) is 0 Å². The molecular formula is C25H37NO4. The lowest BCUT2D eigenvalue weighted by molar-refractivity contribution is 0.172. The maximum atomic E-state index is 12.4. The highest BCUT2D eigenvalue weighted by molar-refractivity contribution is 5.40. The number of aliphatic hydroxyl groups excluding tert-OH is 1. The Labute approximate surface area is 180 Å². The number of hydrogen-bond donors (Lipinski definition) is 2. The molecule has 2 unspecified atom stereocenters. The molecule has 1 rings (SSSR count). The van der Waals surface area contributed by atoms with Crippen LogP contribution in [0.2, 0.25) is 0 Å². The average Bonchev–Trinajstić information content (AvgIpc) is 2.73. The number of nitrogens with one attached hydrogen (secondary N) is 1. The second kappa shape index (κ2) is 12.2. The number of allylic oxidation sites excluding steroid dienone is 6. The molecule has 0 aromatic carbocycles. The van der Waals surface area contributed by atoms with E-state index in [9.17, 15) is 9.90 Å². The molecule has 0 spiro atoms. The van der Waals surface area contributed by atoms with Gasteiger partial charge in [0.05, 0.1) is 20.3 Å². The fourth-order valence-corrected chi connectivity index (χ4v) is 3.19. The molecule has 0 aliphatic carbocycles. The van der Waals surface area contributed by atoms with Crippen LogP contribution < -0.4 is 14.9 Å². The van der Waals surface area contributed by atoms with E-state index in [1.54, 1.807) is 6.92 Å². The molecule has 0 aliphatic heterocycles.